The van der Waals surface area contributed by atoms with Crippen LogP contribution in [0.3, 0.4) is 0 Å². The normalized spacial score (nSPS) is 22.7. The molecule has 1 saturated carbocycles. The van der Waals surface area contributed by atoms with Gasteiger partial charge in [-0.25, -0.2) is 9.67 Å². The van der Waals surface area contributed by atoms with Gasteiger partial charge >= 0.3 is 0 Å². The lowest BCUT2D eigenvalue weighted by Gasteiger charge is -2.36. The summed E-state index contributed by atoms with van der Waals surface area (Å²) < 4.78 is 5.14. The molecule has 4 aliphatic heterocycles. The van der Waals surface area contributed by atoms with Crippen LogP contribution in [0.15, 0.2) is 63.3 Å². The number of hydrogen-bond acceptors (Lipinski definition) is 8. The lowest BCUT2D eigenvalue weighted by atomic mass is 9.90. The Kier molecular flexibility index (Phi) is 6.91. The van der Waals surface area contributed by atoms with E-state index in [4.69, 9.17) is 5.73 Å². The largest absolute Gasteiger partial charge is 0.385 e. The number of allylic oxidation sites excluding steroid dienone is 1. The number of nitrogens with zero attached hydrogens (tertiary/aromatic N) is 8. The number of fused-ring (bicyclic) bond motifs is 2. The van der Waals surface area contributed by atoms with Gasteiger partial charge in [0.15, 0.2) is 0 Å². The molecule has 2 atom stereocenters. The molecule has 2 amide bonds. The van der Waals surface area contributed by atoms with E-state index in [2.05, 4.69) is 26.6 Å². The third-order valence-corrected chi connectivity index (χ3v) is 10.1. The number of rotatable bonds is 6. The van der Waals surface area contributed by atoms with Crippen molar-refractivity contribution in [3.8, 4) is 5.69 Å². The van der Waals surface area contributed by atoms with Gasteiger partial charge in [-0.15, -0.1) is 0 Å². The Bertz CT molecular complexity index is 1850. The van der Waals surface area contributed by atoms with Crippen LogP contribution in [0.25, 0.3) is 5.69 Å². The minimum absolute atomic E-state index is 0.0720. The highest BCUT2D eigenvalue weighted by molar-refractivity contribution is 6.05. The van der Waals surface area contributed by atoms with Crippen molar-refractivity contribution in [2.75, 3.05) is 18.4 Å². The molecule has 46 heavy (non-hydrogen) atoms. The minimum Gasteiger partial charge on any atom is -0.385 e. The summed E-state index contributed by atoms with van der Waals surface area (Å²) in [5.74, 6) is 0.855. The second kappa shape index (κ2) is 11.1. The van der Waals surface area contributed by atoms with Gasteiger partial charge in [0.05, 0.1) is 18.1 Å². The van der Waals surface area contributed by atoms with Gasteiger partial charge < -0.3 is 16.0 Å². The van der Waals surface area contributed by atoms with E-state index < -0.39 is 5.91 Å². The van der Waals surface area contributed by atoms with Gasteiger partial charge in [-0.3, -0.25) is 28.8 Å². The van der Waals surface area contributed by atoms with Crippen LogP contribution in [0.4, 0.5) is 5.69 Å². The molecule has 2 fully saturated rings. The van der Waals surface area contributed by atoms with Gasteiger partial charge in [-0.1, -0.05) is 18.2 Å². The molecular weight excluding hydrogens is 584 g/mol. The van der Waals surface area contributed by atoms with E-state index in [1.165, 1.54) is 6.34 Å². The van der Waals surface area contributed by atoms with Crippen LogP contribution in [0.1, 0.15) is 66.1 Å². The van der Waals surface area contributed by atoms with Gasteiger partial charge in [0.2, 0.25) is 5.91 Å². The number of hydrogen-bond donors (Lipinski definition) is 2. The maximum atomic E-state index is 13.6. The number of aryl methyl sites for hydroxylation is 1. The number of aliphatic imine (C=N–C) groups is 1. The maximum Gasteiger partial charge on any atom is 0.284 e. The maximum absolute atomic E-state index is 13.6. The molecule has 0 radical (unpaired) electrons. The summed E-state index contributed by atoms with van der Waals surface area (Å²) in [5, 5.41) is 13.8. The van der Waals surface area contributed by atoms with Crippen molar-refractivity contribution in [2.24, 2.45) is 34.7 Å². The molecule has 1 aromatic carbocycles. The van der Waals surface area contributed by atoms with Gasteiger partial charge in [0.25, 0.3) is 11.5 Å². The fourth-order valence-corrected chi connectivity index (χ4v) is 7.54. The van der Waals surface area contributed by atoms with E-state index >= 15 is 0 Å². The van der Waals surface area contributed by atoms with Crippen molar-refractivity contribution in [3.63, 3.8) is 0 Å². The predicted molar refractivity (Wildman–Crippen MR) is 173 cm³/mol. The van der Waals surface area contributed by atoms with Crippen molar-refractivity contribution >= 4 is 29.7 Å². The SMILES string of the molecule is Cn1cc(-n2c(=O)c(C(=O)Nc3ccc(C4C=C(C5CCN(C(=O)C6CC6)CC5)N5N=CN=C(N)C45)cc3)c3n2CCCC3)cn1. The summed E-state index contributed by atoms with van der Waals surface area (Å²) in [6.07, 6.45) is 13.6. The fraction of sp³-hybridized carbons (Fsp3) is 0.455. The van der Waals surface area contributed by atoms with E-state index in [1.54, 1.807) is 28.8 Å². The fourth-order valence-electron chi connectivity index (χ4n) is 7.54. The third-order valence-electron chi connectivity index (χ3n) is 10.1. The summed E-state index contributed by atoms with van der Waals surface area (Å²) in [6.45, 7) is 2.20. The molecule has 2 unspecified atom stereocenters. The van der Waals surface area contributed by atoms with Crippen molar-refractivity contribution < 1.29 is 9.59 Å². The van der Waals surface area contributed by atoms with Crippen LogP contribution < -0.4 is 16.6 Å². The second-order valence-corrected chi connectivity index (χ2v) is 13.0. The first-order valence-electron chi connectivity index (χ1n) is 16.3. The first-order chi connectivity index (χ1) is 22.4. The molecule has 0 bridgehead atoms. The zero-order chi connectivity index (χ0) is 31.5. The number of aromatic nitrogens is 4. The molecule has 6 heterocycles. The van der Waals surface area contributed by atoms with Gasteiger partial charge in [-0.05, 0) is 62.6 Å². The van der Waals surface area contributed by atoms with Crippen molar-refractivity contribution in [1.82, 2.24) is 29.1 Å². The standard InChI is InChI=1S/C33H38N10O3/c1-39-18-24(17-36-39)43-33(46)28(26-4-2-3-13-41(26)43)31(44)38-23-9-7-20(8-10-23)25-16-27(42-29(25)30(34)35-19-37-42)21-11-14-40(15-12-21)32(45)22-5-6-22/h7-10,16-19,21-22,25,29H,2-6,11-15H2,1H3,(H,38,44)(H2,34,35,37). The number of nitrogens with one attached hydrogen (secondary N) is 1. The lowest BCUT2D eigenvalue weighted by Crippen LogP contribution is -2.45. The van der Waals surface area contributed by atoms with Gasteiger partial charge in [0.1, 0.15) is 29.5 Å². The Morgan fingerprint density at radius 1 is 1.02 bits per heavy atom. The van der Waals surface area contributed by atoms with E-state index in [9.17, 15) is 14.4 Å². The Labute approximate surface area is 266 Å². The number of carbonyl (C=O) groups is 2. The zero-order valence-corrected chi connectivity index (χ0v) is 25.9. The quantitative estimate of drug-likeness (QED) is 0.432. The average Bonchev–Trinajstić information content (AvgIpc) is 3.61. The zero-order valence-electron chi connectivity index (χ0n) is 25.9. The van der Waals surface area contributed by atoms with Gasteiger partial charge in [-0.2, -0.15) is 10.2 Å². The van der Waals surface area contributed by atoms with E-state index in [0.717, 1.165) is 68.6 Å². The number of hydrazone groups is 1. The molecule has 2 aromatic heterocycles. The number of nitrogens with two attached hydrogens (primary N) is 1. The summed E-state index contributed by atoms with van der Waals surface area (Å²) in [5.41, 5.74) is 10.5. The number of carbonyl (C=O) groups excluding carboxylic acids is 2. The molecule has 238 valence electrons. The molecular formula is C33H38N10O3. The molecule has 3 N–H and O–H groups in total. The topological polar surface area (TPSA) is 148 Å². The van der Waals surface area contributed by atoms with Crippen molar-refractivity contribution in [1.29, 1.82) is 0 Å². The Hall–Kier alpha value is -4.94. The predicted octanol–water partition coefficient (Wildman–Crippen LogP) is 2.58. The first-order valence-corrected chi connectivity index (χ1v) is 16.3. The molecule has 5 aliphatic rings. The Morgan fingerprint density at radius 2 is 1.80 bits per heavy atom. The number of anilines is 1. The van der Waals surface area contributed by atoms with E-state index in [1.807, 2.05) is 38.9 Å². The molecule has 13 heteroatoms. The summed E-state index contributed by atoms with van der Waals surface area (Å²) in [6, 6.07) is 7.48. The molecule has 8 rings (SSSR count). The van der Waals surface area contributed by atoms with E-state index in [0.29, 0.717) is 36.1 Å². The molecule has 3 aromatic rings. The first kappa shape index (κ1) is 28.5. The Morgan fingerprint density at radius 3 is 2.52 bits per heavy atom. The second-order valence-electron chi connectivity index (χ2n) is 13.0. The minimum atomic E-state index is -0.412. The highest BCUT2D eigenvalue weighted by Gasteiger charge is 2.43. The van der Waals surface area contributed by atoms with E-state index in [-0.39, 0.29) is 34.9 Å². The molecule has 1 saturated heterocycles. The molecule has 0 spiro atoms. The molecule has 13 nitrogen and oxygen atoms in total. The van der Waals surface area contributed by atoms with Gasteiger partial charge in [0, 0.05) is 55.8 Å². The number of likely N-dealkylation sites (tertiary alicyclic amines) is 1. The van der Waals surface area contributed by atoms with Crippen LogP contribution in [-0.4, -0.2) is 72.2 Å². The van der Waals surface area contributed by atoms with Crippen LogP contribution in [0, 0.1) is 11.8 Å². The summed E-state index contributed by atoms with van der Waals surface area (Å²) in [7, 11) is 1.80. The highest BCUT2D eigenvalue weighted by Crippen LogP contribution is 2.42. The average molecular weight is 623 g/mol. The third kappa shape index (κ3) is 4.85. The molecule has 1 aliphatic carbocycles. The van der Waals surface area contributed by atoms with Crippen molar-refractivity contribution in [3.05, 3.63) is 75.6 Å². The lowest BCUT2D eigenvalue weighted by molar-refractivity contribution is -0.133. The highest BCUT2D eigenvalue weighted by atomic mass is 16.2. The smallest absolute Gasteiger partial charge is 0.284 e. The number of benzene rings is 1. The van der Waals surface area contributed by atoms with Crippen LogP contribution in [0.5, 0.6) is 0 Å². The van der Waals surface area contributed by atoms with Crippen LogP contribution >= 0.6 is 0 Å². The van der Waals surface area contributed by atoms with Crippen LogP contribution in [-0.2, 0) is 24.8 Å². The monoisotopic (exact) mass is 622 g/mol. The van der Waals surface area contributed by atoms with Crippen molar-refractivity contribution in [2.45, 2.75) is 63.5 Å². The number of piperidine rings is 1. The number of amides is 2. The summed E-state index contributed by atoms with van der Waals surface area (Å²) >= 11 is 0. The number of amidine groups is 1. The Balaban J connectivity index is 1.02. The van der Waals surface area contributed by atoms with Crippen LogP contribution in [0.2, 0.25) is 0 Å². The summed E-state index contributed by atoms with van der Waals surface area (Å²) in [4.78, 5) is 46.2.